The molecule has 2 unspecified atom stereocenters. The summed E-state index contributed by atoms with van der Waals surface area (Å²) in [5.41, 5.74) is -1.38. The van der Waals surface area contributed by atoms with Crippen LogP contribution in [0.4, 0.5) is 4.39 Å². The highest BCUT2D eigenvalue weighted by Crippen LogP contribution is 2.41. The third kappa shape index (κ3) is 4.96. The molecule has 0 spiro atoms. The average molecular weight is 434 g/mol. The molecule has 2 atom stereocenters. The van der Waals surface area contributed by atoms with E-state index in [2.05, 4.69) is 0 Å². The summed E-state index contributed by atoms with van der Waals surface area (Å²) in [4.78, 5) is 44.4. The van der Waals surface area contributed by atoms with Crippen LogP contribution in [0.2, 0.25) is 0 Å². The Bertz CT molecular complexity index is 829. The summed E-state index contributed by atoms with van der Waals surface area (Å²) >= 11 is 0. The summed E-state index contributed by atoms with van der Waals surface area (Å²) in [6, 6.07) is 5.98. The topological polar surface area (TPSA) is 70.2 Å². The van der Waals surface area contributed by atoms with E-state index in [1.165, 1.54) is 17.0 Å². The maximum atomic E-state index is 14.9. The molecule has 2 aliphatic heterocycles. The number of imide groups is 1. The van der Waals surface area contributed by atoms with Gasteiger partial charge in [0.1, 0.15) is 5.82 Å². The fourth-order valence-corrected chi connectivity index (χ4v) is 4.65. The van der Waals surface area contributed by atoms with Crippen molar-refractivity contribution in [2.24, 2.45) is 5.92 Å². The first-order valence-electron chi connectivity index (χ1n) is 10.8. The lowest BCUT2D eigenvalue weighted by Gasteiger charge is -2.35. The molecule has 170 valence electrons. The van der Waals surface area contributed by atoms with Crippen LogP contribution < -0.4 is 0 Å². The van der Waals surface area contributed by atoms with E-state index < -0.39 is 17.1 Å². The molecule has 2 aliphatic rings. The summed E-state index contributed by atoms with van der Waals surface area (Å²) in [5, 5.41) is 0. The number of methoxy groups -OCH3 is 1. The van der Waals surface area contributed by atoms with Crippen LogP contribution in [0.3, 0.4) is 0 Å². The number of carbonyl (C=O) groups is 3. The van der Waals surface area contributed by atoms with E-state index in [1.807, 2.05) is 19.0 Å². The summed E-state index contributed by atoms with van der Waals surface area (Å²) in [6.07, 6.45) is 1.43. The molecule has 0 aliphatic carbocycles. The normalized spacial score (nSPS) is 24.4. The van der Waals surface area contributed by atoms with Gasteiger partial charge >= 0.3 is 0 Å². The van der Waals surface area contributed by atoms with Gasteiger partial charge in [-0.15, -0.1) is 0 Å². The number of likely N-dealkylation sites (tertiary alicyclic amines) is 2. The van der Waals surface area contributed by atoms with Crippen LogP contribution >= 0.6 is 0 Å². The molecule has 7 nitrogen and oxygen atoms in total. The number of carbonyl (C=O) groups excluding carboxylic acids is 3. The molecule has 0 N–H and O–H groups in total. The number of rotatable bonds is 8. The lowest BCUT2D eigenvalue weighted by molar-refractivity contribution is -0.143. The van der Waals surface area contributed by atoms with Crippen molar-refractivity contribution in [2.45, 2.75) is 31.1 Å². The summed E-state index contributed by atoms with van der Waals surface area (Å²) in [7, 11) is 5.34. The van der Waals surface area contributed by atoms with Crippen molar-refractivity contribution >= 4 is 17.7 Å². The number of halogens is 1. The third-order valence-corrected chi connectivity index (χ3v) is 6.30. The molecule has 0 bridgehead atoms. The highest BCUT2D eigenvalue weighted by atomic mass is 19.1. The van der Waals surface area contributed by atoms with Crippen molar-refractivity contribution in [3.05, 3.63) is 35.6 Å². The minimum absolute atomic E-state index is 0.125. The van der Waals surface area contributed by atoms with Gasteiger partial charge in [-0.05, 0) is 38.9 Å². The number of benzene rings is 1. The molecule has 31 heavy (non-hydrogen) atoms. The smallest absolute Gasteiger partial charge is 0.241 e. The number of nitrogens with zero attached hydrogens (tertiary/aromatic N) is 3. The molecule has 0 radical (unpaired) electrons. The number of hydrogen-bond acceptors (Lipinski definition) is 5. The number of piperidine rings is 1. The Labute approximate surface area is 183 Å². The number of amides is 3. The molecule has 3 rings (SSSR count). The second-order valence-corrected chi connectivity index (χ2v) is 8.87. The number of ether oxygens (including phenoxy) is 1. The van der Waals surface area contributed by atoms with Crippen LogP contribution in [0.5, 0.6) is 0 Å². The van der Waals surface area contributed by atoms with Crippen LogP contribution in [0, 0.1) is 11.7 Å². The van der Waals surface area contributed by atoms with Crippen LogP contribution in [0.15, 0.2) is 24.3 Å². The van der Waals surface area contributed by atoms with Crippen LogP contribution in [-0.4, -0.2) is 86.4 Å². The fourth-order valence-electron chi connectivity index (χ4n) is 4.65. The lowest BCUT2D eigenvalue weighted by Crippen LogP contribution is -2.47. The highest BCUT2D eigenvalue weighted by Gasteiger charge is 2.55. The van der Waals surface area contributed by atoms with Crippen molar-refractivity contribution in [1.82, 2.24) is 14.7 Å². The van der Waals surface area contributed by atoms with Crippen LogP contribution in [0.1, 0.15) is 31.2 Å². The van der Waals surface area contributed by atoms with Crippen LogP contribution in [-0.2, 0) is 24.5 Å². The first-order valence-corrected chi connectivity index (χ1v) is 10.8. The van der Waals surface area contributed by atoms with Gasteiger partial charge in [0.15, 0.2) is 0 Å². The van der Waals surface area contributed by atoms with Gasteiger partial charge in [-0.1, -0.05) is 18.2 Å². The van der Waals surface area contributed by atoms with E-state index in [9.17, 15) is 18.8 Å². The molecular weight excluding hydrogens is 401 g/mol. The minimum atomic E-state index is -1.50. The van der Waals surface area contributed by atoms with Gasteiger partial charge in [0, 0.05) is 51.7 Å². The Morgan fingerprint density at radius 3 is 2.71 bits per heavy atom. The molecule has 3 amide bonds. The van der Waals surface area contributed by atoms with E-state index in [0.29, 0.717) is 26.2 Å². The second kappa shape index (κ2) is 9.87. The molecule has 0 aromatic heterocycles. The summed E-state index contributed by atoms with van der Waals surface area (Å²) in [5.74, 6) is -1.40. The first kappa shape index (κ1) is 23.3. The highest BCUT2D eigenvalue weighted by molar-refractivity contribution is 6.10. The lowest BCUT2D eigenvalue weighted by atomic mass is 9.75. The molecule has 8 heteroatoms. The van der Waals surface area contributed by atoms with Crippen molar-refractivity contribution < 1.29 is 23.5 Å². The Kier molecular flexibility index (Phi) is 7.43. The largest absolute Gasteiger partial charge is 0.384 e. The van der Waals surface area contributed by atoms with E-state index in [0.717, 1.165) is 12.8 Å². The van der Waals surface area contributed by atoms with Gasteiger partial charge in [-0.2, -0.15) is 0 Å². The first-order chi connectivity index (χ1) is 14.8. The zero-order valence-electron chi connectivity index (χ0n) is 18.6. The SMILES string of the molecule is COCC1CCCN(C(=O)CC2(c3ccccc3F)CC(=O)N(CCN(C)C)C2=O)C1. The quantitative estimate of drug-likeness (QED) is 0.583. The predicted molar refractivity (Wildman–Crippen MR) is 114 cm³/mol. The Balaban J connectivity index is 1.89. The van der Waals surface area contributed by atoms with Crippen molar-refractivity contribution in [1.29, 1.82) is 0 Å². The average Bonchev–Trinajstić information content (AvgIpc) is 2.97. The molecule has 2 heterocycles. The minimum Gasteiger partial charge on any atom is -0.384 e. The van der Waals surface area contributed by atoms with Gasteiger partial charge in [0.25, 0.3) is 0 Å². The van der Waals surface area contributed by atoms with E-state index in [4.69, 9.17) is 4.74 Å². The van der Waals surface area contributed by atoms with Gasteiger partial charge in [-0.25, -0.2) is 4.39 Å². The van der Waals surface area contributed by atoms with E-state index >= 15 is 0 Å². The standard InChI is InChI=1S/C23H32FN3O4/c1-25(2)11-12-27-21(29)14-23(22(27)30,18-8-4-5-9-19(18)24)13-20(28)26-10-6-7-17(15-26)16-31-3/h4-5,8-9,17H,6-7,10-16H2,1-3H3. The number of likely N-dealkylation sites (N-methyl/N-ethyl adjacent to an activating group) is 1. The monoisotopic (exact) mass is 433 g/mol. The van der Waals surface area contributed by atoms with Gasteiger partial charge in [0.05, 0.1) is 12.0 Å². The van der Waals surface area contributed by atoms with E-state index in [-0.39, 0.29) is 42.7 Å². The van der Waals surface area contributed by atoms with Crippen molar-refractivity contribution in [3.8, 4) is 0 Å². The molecule has 1 aromatic carbocycles. The Hall–Kier alpha value is -2.32. The molecular formula is C23H32FN3O4. The maximum Gasteiger partial charge on any atom is 0.241 e. The maximum absolute atomic E-state index is 14.9. The van der Waals surface area contributed by atoms with Crippen LogP contribution in [0.25, 0.3) is 0 Å². The van der Waals surface area contributed by atoms with Gasteiger partial charge < -0.3 is 14.5 Å². The molecule has 0 saturated carbocycles. The fraction of sp³-hybridized carbons (Fsp3) is 0.609. The predicted octanol–water partition coefficient (Wildman–Crippen LogP) is 1.66. The molecule has 2 fully saturated rings. The van der Waals surface area contributed by atoms with Crippen molar-refractivity contribution in [2.75, 3.05) is 54.0 Å². The Morgan fingerprint density at radius 1 is 1.29 bits per heavy atom. The summed E-state index contributed by atoms with van der Waals surface area (Å²) < 4.78 is 20.1. The van der Waals surface area contributed by atoms with Crippen molar-refractivity contribution in [3.63, 3.8) is 0 Å². The third-order valence-electron chi connectivity index (χ3n) is 6.30. The van der Waals surface area contributed by atoms with E-state index in [1.54, 1.807) is 24.1 Å². The second-order valence-electron chi connectivity index (χ2n) is 8.87. The zero-order chi connectivity index (χ0) is 22.6. The molecule has 2 saturated heterocycles. The van der Waals surface area contributed by atoms with Gasteiger partial charge in [-0.3, -0.25) is 19.3 Å². The molecule has 1 aromatic rings. The number of hydrogen-bond donors (Lipinski definition) is 0. The summed E-state index contributed by atoms with van der Waals surface area (Å²) in [6.45, 7) is 2.43. The van der Waals surface area contributed by atoms with Gasteiger partial charge in [0.2, 0.25) is 17.7 Å². The zero-order valence-corrected chi connectivity index (χ0v) is 18.6. The Morgan fingerprint density at radius 2 is 2.03 bits per heavy atom.